The molecule has 4 nitrogen and oxygen atoms in total. The summed E-state index contributed by atoms with van der Waals surface area (Å²) < 4.78 is 25.1. The standard InChI is InChI=1S/C16H21NO3S/c1-4-13(3)12-14(5-2)8-6-7-9-16(18)17-21(19,20)15-10-11-15/h4-9,12,15H,1,10-11H2,2-3H3,(H,17,18)/b8-6+,9-7+,13-12-,14-5-. The van der Waals surface area contributed by atoms with Crippen LogP contribution in [0.1, 0.15) is 26.7 Å². The molecule has 0 aliphatic heterocycles. The quantitative estimate of drug-likeness (QED) is 0.581. The molecule has 1 saturated carbocycles. The molecule has 1 fully saturated rings. The van der Waals surface area contributed by atoms with E-state index >= 15 is 0 Å². The Morgan fingerprint density at radius 2 is 1.86 bits per heavy atom. The minimum atomic E-state index is -3.47. The number of rotatable bonds is 7. The summed E-state index contributed by atoms with van der Waals surface area (Å²) in [4.78, 5) is 11.5. The molecule has 1 aliphatic carbocycles. The first-order valence-electron chi connectivity index (χ1n) is 6.76. The van der Waals surface area contributed by atoms with Crippen LogP contribution in [0.2, 0.25) is 0 Å². The highest BCUT2D eigenvalue weighted by Gasteiger charge is 2.36. The topological polar surface area (TPSA) is 63.2 Å². The van der Waals surface area contributed by atoms with Gasteiger partial charge in [0, 0.05) is 6.08 Å². The summed E-state index contributed by atoms with van der Waals surface area (Å²) in [6.07, 6.45) is 13.1. The number of carbonyl (C=O) groups is 1. The number of nitrogens with one attached hydrogen (secondary N) is 1. The lowest BCUT2D eigenvalue weighted by Crippen LogP contribution is -2.31. The Hall–Kier alpha value is -1.88. The van der Waals surface area contributed by atoms with Gasteiger partial charge in [0.05, 0.1) is 5.25 Å². The van der Waals surface area contributed by atoms with Crippen molar-refractivity contribution in [3.05, 3.63) is 60.3 Å². The van der Waals surface area contributed by atoms with Gasteiger partial charge in [0.2, 0.25) is 10.0 Å². The number of hydrogen-bond donors (Lipinski definition) is 1. The lowest BCUT2D eigenvalue weighted by atomic mass is 10.1. The molecule has 0 bridgehead atoms. The summed E-state index contributed by atoms with van der Waals surface area (Å²) in [6, 6.07) is 0. The summed E-state index contributed by atoms with van der Waals surface area (Å²) in [7, 11) is -3.47. The minimum absolute atomic E-state index is 0.396. The second kappa shape index (κ2) is 7.78. The van der Waals surface area contributed by atoms with Gasteiger partial charge >= 0.3 is 0 Å². The first-order chi connectivity index (χ1) is 9.89. The molecule has 1 N–H and O–H groups in total. The van der Waals surface area contributed by atoms with E-state index in [1.165, 1.54) is 12.2 Å². The van der Waals surface area contributed by atoms with Crippen LogP contribution in [0.3, 0.4) is 0 Å². The van der Waals surface area contributed by atoms with Crippen molar-refractivity contribution in [2.24, 2.45) is 0 Å². The Kier molecular flexibility index (Phi) is 6.37. The smallest absolute Gasteiger partial charge is 0.257 e. The zero-order chi connectivity index (χ0) is 15.9. The third kappa shape index (κ3) is 6.40. The van der Waals surface area contributed by atoms with Crippen molar-refractivity contribution in [2.75, 3.05) is 0 Å². The molecule has 0 aromatic heterocycles. The zero-order valence-corrected chi connectivity index (χ0v) is 13.2. The SMILES string of the molecule is C=C\C(C)=C/C(=C\C)/C=C/C=C/C(=O)NS(=O)(=O)C1CC1. The van der Waals surface area contributed by atoms with E-state index < -0.39 is 21.2 Å². The van der Waals surface area contributed by atoms with Gasteiger partial charge in [0.15, 0.2) is 0 Å². The highest BCUT2D eigenvalue weighted by atomic mass is 32.2. The molecule has 0 saturated heterocycles. The van der Waals surface area contributed by atoms with Crippen LogP contribution in [-0.2, 0) is 14.8 Å². The maximum Gasteiger partial charge on any atom is 0.257 e. The summed E-state index contributed by atoms with van der Waals surface area (Å²) in [5.74, 6) is -0.619. The molecule has 0 unspecified atom stereocenters. The van der Waals surface area contributed by atoms with Crippen molar-refractivity contribution in [2.45, 2.75) is 31.9 Å². The van der Waals surface area contributed by atoms with Crippen LogP contribution in [0.25, 0.3) is 0 Å². The molecule has 0 atom stereocenters. The fourth-order valence-electron chi connectivity index (χ4n) is 1.50. The lowest BCUT2D eigenvalue weighted by molar-refractivity contribution is -0.114. The summed E-state index contributed by atoms with van der Waals surface area (Å²) >= 11 is 0. The van der Waals surface area contributed by atoms with Crippen molar-refractivity contribution < 1.29 is 13.2 Å². The van der Waals surface area contributed by atoms with E-state index in [2.05, 4.69) is 6.58 Å². The molecule has 1 aliphatic rings. The van der Waals surface area contributed by atoms with Crippen LogP contribution < -0.4 is 4.72 Å². The second-order valence-electron chi connectivity index (χ2n) is 4.81. The second-order valence-corrected chi connectivity index (χ2v) is 6.77. The van der Waals surface area contributed by atoms with E-state index in [-0.39, 0.29) is 0 Å². The van der Waals surface area contributed by atoms with Gasteiger partial charge in [-0.2, -0.15) is 0 Å². The first kappa shape index (κ1) is 17.2. The van der Waals surface area contributed by atoms with Gasteiger partial charge in [-0.1, -0.05) is 48.6 Å². The molecule has 0 radical (unpaired) electrons. The normalized spacial score (nSPS) is 17.4. The molecule has 0 aromatic rings. The third-order valence-electron chi connectivity index (χ3n) is 2.90. The zero-order valence-electron chi connectivity index (χ0n) is 12.4. The Bertz CT molecular complexity index is 618. The van der Waals surface area contributed by atoms with Gasteiger partial charge in [0.1, 0.15) is 0 Å². The van der Waals surface area contributed by atoms with Crippen molar-refractivity contribution in [1.82, 2.24) is 4.72 Å². The Morgan fingerprint density at radius 1 is 1.24 bits per heavy atom. The van der Waals surface area contributed by atoms with E-state index in [4.69, 9.17) is 0 Å². The molecule has 21 heavy (non-hydrogen) atoms. The number of allylic oxidation sites excluding steroid dienone is 8. The van der Waals surface area contributed by atoms with E-state index in [9.17, 15) is 13.2 Å². The van der Waals surface area contributed by atoms with Crippen molar-refractivity contribution in [3.63, 3.8) is 0 Å². The van der Waals surface area contributed by atoms with Crippen LogP contribution in [0.5, 0.6) is 0 Å². The number of amides is 1. The number of carbonyl (C=O) groups excluding carboxylic acids is 1. The van der Waals surface area contributed by atoms with Crippen LogP contribution in [0.4, 0.5) is 0 Å². The first-order valence-corrected chi connectivity index (χ1v) is 8.31. The largest absolute Gasteiger partial charge is 0.269 e. The monoisotopic (exact) mass is 307 g/mol. The van der Waals surface area contributed by atoms with Crippen LogP contribution >= 0.6 is 0 Å². The average molecular weight is 307 g/mol. The van der Waals surface area contributed by atoms with Gasteiger partial charge in [0.25, 0.3) is 5.91 Å². The van der Waals surface area contributed by atoms with Crippen LogP contribution in [0.15, 0.2) is 60.3 Å². The van der Waals surface area contributed by atoms with Crippen LogP contribution in [-0.4, -0.2) is 19.6 Å². The lowest BCUT2D eigenvalue weighted by Gasteiger charge is -2.01. The molecule has 1 rings (SSSR count). The molecule has 0 heterocycles. The van der Waals surface area contributed by atoms with E-state index in [1.54, 1.807) is 12.2 Å². The average Bonchev–Trinajstić information content (AvgIpc) is 3.26. The molecule has 0 spiro atoms. The summed E-state index contributed by atoms with van der Waals surface area (Å²) in [5.41, 5.74) is 2.01. The molecule has 114 valence electrons. The number of hydrogen-bond acceptors (Lipinski definition) is 3. The van der Waals surface area contributed by atoms with Crippen LogP contribution in [0, 0.1) is 0 Å². The predicted molar refractivity (Wildman–Crippen MR) is 86.1 cm³/mol. The van der Waals surface area contributed by atoms with E-state index in [0.717, 1.165) is 11.1 Å². The Labute approximate surface area is 126 Å². The van der Waals surface area contributed by atoms with Gasteiger partial charge < -0.3 is 0 Å². The third-order valence-corrected chi connectivity index (χ3v) is 4.74. The Morgan fingerprint density at radius 3 is 2.38 bits per heavy atom. The molecule has 5 heteroatoms. The summed E-state index contributed by atoms with van der Waals surface area (Å²) in [6.45, 7) is 7.53. The fraction of sp³-hybridized carbons (Fsp3) is 0.312. The van der Waals surface area contributed by atoms with Crippen molar-refractivity contribution in [3.8, 4) is 0 Å². The summed E-state index contributed by atoms with van der Waals surface area (Å²) in [5, 5.41) is -0.396. The molecular formula is C16H21NO3S. The van der Waals surface area contributed by atoms with Crippen molar-refractivity contribution in [1.29, 1.82) is 0 Å². The maximum absolute atomic E-state index is 11.5. The van der Waals surface area contributed by atoms with E-state index in [1.807, 2.05) is 36.8 Å². The molecule has 0 aromatic carbocycles. The van der Waals surface area contributed by atoms with Gasteiger partial charge in [-0.25, -0.2) is 13.1 Å². The van der Waals surface area contributed by atoms with Crippen molar-refractivity contribution >= 4 is 15.9 Å². The predicted octanol–water partition coefficient (Wildman–Crippen LogP) is 2.79. The maximum atomic E-state index is 11.5. The Balaban J connectivity index is 2.55. The number of sulfonamides is 1. The highest BCUT2D eigenvalue weighted by molar-refractivity contribution is 7.91. The van der Waals surface area contributed by atoms with Gasteiger partial charge in [-0.05, 0) is 32.3 Å². The highest BCUT2D eigenvalue weighted by Crippen LogP contribution is 2.27. The minimum Gasteiger partial charge on any atom is -0.269 e. The fourth-order valence-corrected chi connectivity index (χ4v) is 2.77. The van der Waals surface area contributed by atoms with Gasteiger partial charge in [-0.3, -0.25) is 4.79 Å². The van der Waals surface area contributed by atoms with E-state index in [0.29, 0.717) is 12.8 Å². The van der Waals surface area contributed by atoms with Gasteiger partial charge in [-0.15, -0.1) is 0 Å². The molecule has 1 amide bonds. The molecular weight excluding hydrogens is 286 g/mol.